The third-order valence-electron chi connectivity index (χ3n) is 2.80. The van der Waals surface area contributed by atoms with Gasteiger partial charge in [0.2, 0.25) is 0 Å². The van der Waals surface area contributed by atoms with E-state index in [0.29, 0.717) is 0 Å². The summed E-state index contributed by atoms with van der Waals surface area (Å²) in [6.07, 6.45) is 6.84. The normalized spacial score (nSPS) is 10.3. The fourth-order valence-corrected chi connectivity index (χ4v) is 1.87. The molecule has 0 aliphatic heterocycles. The zero-order chi connectivity index (χ0) is 13.1. The number of hydrogen-bond acceptors (Lipinski definition) is 3. The molecule has 0 amide bonds. The lowest BCUT2D eigenvalue weighted by Gasteiger charge is -2.07. The maximum absolute atomic E-state index is 11.9. The summed E-state index contributed by atoms with van der Waals surface area (Å²) in [7, 11) is 0. The second-order valence-corrected chi connectivity index (χ2v) is 4.05. The number of hydrogen-bond donors (Lipinski definition) is 0. The highest BCUT2D eigenvalue weighted by Gasteiger charge is 2.03. The predicted octanol–water partition coefficient (Wildman–Crippen LogP) is 2.29. The Hall–Kier alpha value is -2.75. The highest BCUT2D eigenvalue weighted by atomic mass is 16.1. The Morgan fingerprint density at radius 2 is 1.89 bits per heavy atom. The summed E-state index contributed by atoms with van der Waals surface area (Å²) in [6, 6.07) is 12.6. The molecule has 0 aromatic carbocycles. The SMILES string of the molecule is O=c1ccc(-c2ccccn2)cn1-c1cccnc1. The number of aromatic nitrogens is 3. The second-order valence-electron chi connectivity index (χ2n) is 4.05. The van der Waals surface area contributed by atoms with Gasteiger partial charge in [-0.15, -0.1) is 0 Å². The summed E-state index contributed by atoms with van der Waals surface area (Å²) in [4.78, 5) is 20.2. The Morgan fingerprint density at radius 1 is 0.947 bits per heavy atom. The van der Waals surface area contributed by atoms with Crippen molar-refractivity contribution in [2.75, 3.05) is 0 Å². The van der Waals surface area contributed by atoms with Crippen LogP contribution in [0, 0.1) is 0 Å². The molecule has 4 nitrogen and oxygen atoms in total. The van der Waals surface area contributed by atoms with Crippen molar-refractivity contribution in [1.29, 1.82) is 0 Å². The highest BCUT2D eigenvalue weighted by molar-refractivity contribution is 5.58. The Bertz CT molecular complexity index is 736. The zero-order valence-corrected chi connectivity index (χ0v) is 10.1. The fraction of sp³-hybridized carbons (Fsp3) is 0. The summed E-state index contributed by atoms with van der Waals surface area (Å²) in [5, 5.41) is 0. The summed E-state index contributed by atoms with van der Waals surface area (Å²) in [5.41, 5.74) is 2.38. The van der Waals surface area contributed by atoms with Crippen molar-refractivity contribution in [3.05, 3.63) is 77.6 Å². The van der Waals surface area contributed by atoms with Crippen LogP contribution in [0.25, 0.3) is 16.9 Å². The largest absolute Gasteiger partial charge is 0.282 e. The van der Waals surface area contributed by atoms with Crippen molar-refractivity contribution in [3.63, 3.8) is 0 Å². The molecule has 0 aliphatic rings. The van der Waals surface area contributed by atoms with Gasteiger partial charge in [-0.25, -0.2) is 0 Å². The average Bonchev–Trinajstić information content (AvgIpc) is 2.49. The Morgan fingerprint density at radius 3 is 2.63 bits per heavy atom. The van der Waals surface area contributed by atoms with Gasteiger partial charge in [0.1, 0.15) is 0 Å². The quantitative estimate of drug-likeness (QED) is 0.700. The van der Waals surface area contributed by atoms with Gasteiger partial charge < -0.3 is 0 Å². The van der Waals surface area contributed by atoms with Gasteiger partial charge in [0.15, 0.2) is 0 Å². The average molecular weight is 249 g/mol. The van der Waals surface area contributed by atoms with E-state index in [1.807, 2.05) is 24.3 Å². The van der Waals surface area contributed by atoms with Crippen molar-refractivity contribution in [2.24, 2.45) is 0 Å². The van der Waals surface area contributed by atoms with Crippen LogP contribution in [0.5, 0.6) is 0 Å². The minimum Gasteiger partial charge on any atom is -0.282 e. The van der Waals surface area contributed by atoms with E-state index in [1.54, 1.807) is 41.5 Å². The van der Waals surface area contributed by atoms with E-state index < -0.39 is 0 Å². The van der Waals surface area contributed by atoms with E-state index >= 15 is 0 Å². The summed E-state index contributed by atoms with van der Waals surface area (Å²) >= 11 is 0. The van der Waals surface area contributed by atoms with Crippen LogP contribution in [0.3, 0.4) is 0 Å². The maximum Gasteiger partial charge on any atom is 0.255 e. The van der Waals surface area contributed by atoms with E-state index in [9.17, 15) is 4.79 Å². The molecule has 0 saturated carbocycles. The molecule has 19 heavy (non-hydrogen) atoms. The predicted molar refractivity (Wildman–Crippen MR) is 73.1 cm³/mol. The van der Waals surface area contributed by atoms with Gasteiger partial charge in [0.25, 0.3) is 5.56 Å². The minimum absolute atomic E-state index is 0.0901. The van der Waals surface area contributed by atoms with E-state index in [4.69, 9.17) is 0 Å². The molecular formula is C15H11N3O. The standard InChI is InChI=1S/C15H11N3O/c19-15-7-6-12(14-5-1-2-9-17-14)11-18(15)13-4-3-8-16-10-13/h1-11H. The molecule has 0 unspecified atom stereocenters. The smallest absolute Gasteiger partial charge is 0.255 e. The molecule has 0 saturated heterocycles. The number of pyridine rings is 3. The molecular weight excluding hydrogens is 238 g/mol. The molecule has 0 bridgehead atoms. The van der Waals surface area contributed by atoms with E-state index in [0.717, 1.165) is 16.9 Å². The van der Waals surface area contributed by atoms with Crippen LogP contribution in [0.1, 0.15) is 0 Å². The van der Waals surface area contributed by atoms with Crippen LogP contribution < -0.4 is 5.56 Å². The van der Waals surface area contributed by atoms with E-state index in [2.05, 4.69) is 9.97 Å². The monoisotopic (exact) mass is 249 g/mol. The van der Waals surface area contributed by atoms with Crippen LogP contribution in [-0.2, 0) is 0 Å². The first-order valence-corrected chi connectivity index (χ1v) is 5.89. The first-order chi connectivity index (χ1) is 9.34. The Balaban J connectivity index is 2.15. The lowest BCUT2D eigenvalue weighted by Crippen LogP contribution is -2.16. The third kappa shape index (κ3) is 2.28. The van der Waals surface area contributed by atoms with Crippen molar-refractivity contribution in [1.82, 2.24) is 14.5 Å². The van der Waals surface area contributed by atoms with Gasteiger partial charge in [-0.2, -0.15) is 0 Å². The molecule has 0 fully saturated rings. The van der Waals surface area contributed by atoms with Crippen LogP contribution in [0.2, 0.25) is 0 Å². The first kappa shape index (κ1) is 11.3. The van der Waals surface area contributed by atoms with Crippen molar-refractivity contribution in [3.8, 4) is 16.9 Å². The van der Waals surface area contributed by atoms with Crippen molar-refractivity contribution >= 4 is 0 Å². The van der Waals surface area contributed by atoms with Gasteiger partial charge >= 0.3 is 0 Å². The van der Waals surface area contributed by atoms with Crippen molar-refractivity contribution < 1.29 is 0 Å². The topological polar surface area (TPSA) is 47.8 Å². The molecule has 3 aromatic heterocycles. The number of nitrogens with zero attached hydrogens (tertiary/aromatic N) is 3. The molecule has 3 rings (SSSR count). The van der Waals surface area contributed by atoms with Gasteiger partial charge in [-0.1, -0.05) is 6.07 Å². The fourth-order valence-electron chi connectivity index (χ4n) is 1.87. The number of rotatable bonds is 2. The van der Waals surface area contributed by atoms with Gasteiger partial charge in [-0.05, 0) is 30.3 Å². The van der Waals surface area contributed by atoms with Crippen LogP contribution >= 0.6 is 0 Å². The molecule has 92 valence electrons. The summed E-state index contributed by atoms with van der Waals surface area (Å²) < 4.78 is 1.57. The van der Waals surface area contributed by atoms with Crippen molar-refractivity contribution in [2.45, 2.75) is 0 Å². The Labute approximate surface area is 110 Å². The Kier molecular flexibility index (Phi) is 2.90. The van der Waals surface area contributed by atoms with Crippen LogP contribution in [0.15, 0.2) is 72.0 Å². The molecule has 0 atom stereocenters. The van der Waals surface area contributed by atoms with Crippen LogP contribution in [0.4, 0.5) is 0 Å². The molecule has 0 N–H and O–H groups in total. The van der Waals surface area contributed by atoms with Gasteiger partial charge in [0.05, 0.1) is 17.6 Å². The molecule has 0 radical (unpaired) electrons. The second kappa shape index (κ2) is 4.86. The lowest BCUT2D eigenvalue weighted by atomic mass is 10.2. The molecule has 0 spiro atoms. The molecule has 4 heteroatoms. The third-order valence-corrected chi connectivity index (χ3v) is 2.80. The molecule has 0 aliphatic carbocycles. The molecule has 3 aromatic rings. The lowest BCUT2D eigenvalue weighted by molar-refractivity contribution is 0.978. The summed E-state index contributed by atoms with van der Waals surface area (Å²) in [6.45, 7) is 0. The first-order valence-electron chi connectivity index (χ1n) is 5.89. The zero-order valence-electron chi connectivity index (χ0n) is 10.1. The van der Waals surface area contributed by atoms with E-state index in [1.165, 1.54) is 6.07 Å². The van der Waals surface area contributed by atoms with Crippen LogP contribution in [-0.4, -0.2) is 14.5 Å². The van der Waals surface area contributed by atoms with Gasteiger partial charge in [0, 0.05) is 30.2 Å². The minimum atomic E-state index is -0.0901. The molecule has 3 heterocycles. The maximum atomic E-state index is 11.9. The van der Waals surface area contributed by atoms with E-state index in [-0.39, 0.29) is 5.56 Å². The summed E-state index contributed by atoms with van der Waals surface area (Å²) in [5.74, 6) is 0. The highest BCUT2D eigenvalue weighted by Crippen LogP contribution is 2.15. The van der Waals surface area contributed by atoms with Gasteiger partial charge in [-0.3, -0.25) is 19.3 Å².